The molecule has 118 valence electrons. The highest BCUT2D eigenvalue weighted by molar-refractivity contribution is 7.99. The summed E-state index contributed by atoms with van der Waals surface area (Å²) in [7, 11) is 0. The Morgan fingerprint density at radius 3 is 2.74 bits per heavy atom. The van der Waals surface area contributed by atoms with Crippen LogP contribution in [-0.4, -0.2) is 20.3 Å². The van der Waals surface area contributed by atoms with Crippen LogP contribution in [0.25, 0.3) is 16.7 Å². The Morgan fingerprint density at radius 1 is 1.17 bits per heavy atom. The van der Waals surface area contributed by atoms with Crippen molar-refractivity contribution in [2.75, 3.05) is 5.75 Å². The third-order valence-electron chi connectivity index (χ3n) is 3.60. The van der Waals surface area contributed by atoms with Gasteiger partial charge in [-0.2, -0.15) is 0 Å². The maximum absolute atomic E-state index is 12.9. The second-order valence-corrected chi connectivity index (χ2v) is 6.51. The number of fused-ring (bicyclic) bond motifs is 1. The van der Waals surface area contributed by atoms with Gasteiger partial charge in [-0.3, -0.25) is 4.79 Å². The van der Waals surface area contributed by atoms with E-state index in [1.54, 1.807) is 22.5 Å². The fourth-order valence-corrected chi connectivity index (χ4v) is 3.40. The molecule has 0 aliphatic carbocycles. The van der Waals surface area contributed by atoms with Gasteiger partial charge in [-0.1, -0.05) is 43.3 Å². The number of hydrogen-bond donors (Lipinski definition) is 0. The Bertz CT molecular complexity index is 872. The van der Waals surface area contributed by atoms with Crippen molar-refractivity contribution in [3.8, 4) is 5.82 Å². The van der Waals surface area contributed by atoms with Crippen molar-refractivity contribution in [2.24, 2.45) is 0 Å². The molecule has 2 aromatic heterocycles. The average molecular weight is 325 g/mol. The molecule has 0 atom stereocenters. The van der Waals surface area contributed by atoms with Gasteiger partial charge in [-0.25, -0.2) is 14.5 Å². The van der Waals surface area contributed by atoms with E-state index in [0.29, 0.717) is 16.4 Å². The number of pyridine rings is 1. The summed E-state index contributed by atoms with van der Waals surface area (Å²) in [5, 5.41) is 1.33. The number of rotatable bonds is 5. The SMILES string of the molecule is CCCCSc1nc2ccccc2c(=O)n1-c1ccc(C)cn1. The zero-order valence-electron chi connectivity index (χ0n) is 13.3. The highest BCUT2D eigenvalue weighted by Gasteiger charge is 2.13. The normalized spacial score (nSPS) is 11.0. The van der Waals surface area contributed by atoms with Crippen molar-refractivity contribution in [2.45, 2.75) is 31.8 Å². The minimum atomic E-state index is -0.0639. The Morgan fingerprint density at radius 2 is 2.00 bits per heavy atom. The highest BCUT2D eigenvalue weighted by Crippen LogP contribution is 2.21. The van der Waals surface area contributed by atoms with Gasteiger partial charge in [-0.15, -0.1) is 0 Å². The molecule has 5 heteroatoms. The molecular weight excluding hydrogens is 306 g/mol. The van der Waals surface area contributed by atoms with Gasteiger partial charge in [-0.05, 0) is 37.1 Å². The lowest BCUT2D eigenvalue weighted by Gasteiger charge is -2.12. The number of para-hydroxylation sites is 1. The lowest BCUT2D eigenvalue weighted by Crippen LogP contribution is -2.22. The van der Waals surface area contributed by atoms with Crippen LogP contribution >= 0.6 is 11.8 Å². The van der Waals surface area contributed by atoms with Crippen LogP contribution in [-0.2, 0) is 0 Å². The van der Waals surface area contributed by atoms with Crippen molar-refractivity contribution in [1.29, 1.82) is 0 Å². The number of aromatic nitrogens is 3. The molecule has 23 heavy (non-hydrogen) atoms. The first-order valence-electron chi connectivity index (χ1n) is 7.78. The molecule has 0 fully saturated rings. The number of thioether (sulfide) groups is 1. The smallest absolute Gasteiger partial charge is 0.267 e. The van der Waals surface area contributed by atoms with Crippen LogP contribution < -0.4 is 5.56 Å². The van der Waals surface area contributed by atoms with Crippen LogP contribution in [0.1, 0.15) is 25.3 Å². The summed E-state index contributed by atoms with van der Waals surface area (Å²) < 4.78 is 1.63. The predicted molar refractivity (Wildman–Crippen MR) is 95.5 cm³/mol. The summed E-state index contributed by atoms with van der Waals surface area (Å²) >= 11 is 1.61. The molecule has 0 aliphatic rings. The molecule has 0 radical (unpaired) electrons. The van der Waals surface area contributed by atoms with Crippen molar-refractivity contribution < 1.29 is 0 Å². The van der Waals surface area contributed by atoms with Crippen molar-refractivity contribution in [1.82, 2.24) is 14.5 Å². The van der Waals surface area contributed by atoms with Crippen molar-refractivity contribution in [3.63, 3.8) is 0 Å². The first kappa shape index (κ1) is 15.7. The Labute approximate surface area is 139 Å². The monoisotopic (exact) mass is 325 g/mol. The van der Waals surface area contributed by atoms with E-state index in [-0.39, 0.29) is 5.56 Å². The zero-order valence-corrected chi connectivity index (χ0v) is 14.1. The molecule has 4 nitrogen and oxygen atoms in total. The first-order valence-corrected chi connectivity index (χ1v) is 8.77. The van der Waals surface area contributed by atoms with E-state index in [9.17, 15) is 4.79 Å². The van der Waals surface area contributed by atoms with Gasteiger partial charge in [0.1, 0.15) is 5.82 Å². The molecule has 0 aliphatic heterocycles. The van der Waals surface area contributed by atoms with Gasteiger partial charge >= 0.3 is 0 Å². The van der Waals surface area contributed by atoms with Gasteiger partial charge in [0, 0.05) is 11.9 Å². The number of unbranched alkanes of at least 4 members (excludes halogenated alkanes) is 1. The molecule has 3 aromatic rings. The van der Waals surface area contributed by atoms with Gasteiger partial charge in [0.05, 0.1) is 10.9 Å². The standard InChI is InChI=1S/C18H19N3OS/c1-3-4-11-23-18-20-15-8-6-5-7-14(15)17(22)21(18)16-10-9-13(2)12-19-16/h5-10,12H,3-4,11H2,1-2H3. The van der Waals surface area contributed by atoms with E-state index in [0.717, 1.165) is 29.7 Å². The molecule has 0 amide bonds. The fraction of sp³-hybridized carbons (Fsp3) is 0.278. The zero-order chi connectivity index (χ0) is 16.2. The second kappa shape index (κ2) is 6.96. The molecule has 3 rings (SSSR count). The van der Waals surface area contributed by atoms with E-state index < -0.39 is 0 Å². The predicted octanol–water partition coefficient (Wildman–Crippen LogP) is 3.98. The van der Waals surface area contributed by atoms with E-state index in [2.05, 4.69) is 11.9 Å². The third kappa shape index (κ3) is 3.29. The summed E-state index contributed by atoms with van der Waals surface area (Å²) in [5.41, 5.74) is 1.74. The van der Waals surface area contributed by atoms with Crippen LogP contribution in [0.3, 0.4) is 0 Å². The highest BCUT2D eigenvalue weighted by atomic mass is 32.2. The van der Waals surface area contributed by atoms with Gasteiger partial charge < -0.3 is 0 Å². The summed E-state index contributed by atoms with van der Waals surface area (Å²) in [6.07, 6.45) is 3.99. The molecule has 0 N–H and O–H groups in total. The fourth-order valence-electron chi connectivity index (χ4n) is 2.31. The Balaban J connectivity index is 2.19. The molecule has 0 saturated carbocycles. The lowest BCUT2D eigenvalue weighted by molar-refractivity contribution is 0.791. The molecule has 1 aromatic carbocycles. The molecule has 0 unspecified atom stereocenters. The first-order chi connectivity index (χ1) is 11.2. The Kier molecular flexibility index (Phi) is 4.76. The number of hydrogen-bond acceptors (Lipinski definition) is 4. The minimum Gasteiger partial charge on any atom is -0.268 e. The summed E-state index contributed by atoms with van der Waals surface area (Å²) in [6.45, 7) is 4.14. The largest absolute Gasteiger partial charge is 0.268 e. The van der Waals surface area contributed by atoms with Gasteiger partial charge in [0.25, 0.3) is 5.56 Å². The van der Waals surface area contributed by atoms with Crippen LogP contribution in [0.5, 0.6) is 0 Å². The summed E-state index contributed by atoms with van der Waals surface area (Å²) in [6, 6.07) is 11.3. The topological polar surface area (TPSA) is 47.8 Å². The molecule has 0 bridgehead atoms. The van der Waals surface area contributed by atoms with E-state index in [1.165, 1.54) is 0 Å². The number of aryl methyl sites for hydroxylation is 1. The maximum atomic E-state index is 12.9. The minimum absolute atomic E-state index is 0.0639. The molecule has 2 heterocycles. The Hall–Kier alpha value is -2.14. The van der Waals surface area contributed by atoms with Crippen LogP contribution in [0.2, 0.25) is 0 Å². The molecule has 0 spiro atoms. The van der Waals surface area contributed by atoms with E-state index in [4.69, 9.17) is 4.98 Å². The van der Waals surface area contributed by atoms with E-state index >= 15 is 0 Å². The van der Waals surface area contributed by atoms with Crippen molar-refractivity contribution in [3.05, 3.63) is 58.5 Å². The number of nitrogens with zero attached hydrogens (tertiary/aromatic N) is 3. The summed E-state index contributed by atoms with van der Waals surface area (Å²) in [5.74, 6) is 1.56. The summed E-state index contributed by atoms with van der Waals surface area (Å²) in [4.78, 5) is 22.0. The van der Waals surface area contributed by atoms with Crippen LogP contribution in [0, 0.1) is 6.92 Å². The average Bonchev–Trinajstić information content (AvgIpc) is 2.57. The van der Waals surface area contributed by atoms with E-state index in [1.807, 2.05) is 43.3 Å². The molecule has 0 saturated heterocycles. The number of benzene rings is 1. The second-order valence-electron chi connectivity index (χ2n) is 5.45. The van der Waals surface area contributed by atoms with Crippen LogP contribution in [0.4, 0.5) is 0 Å². The molecular formula is C18H19N3OS. The van der Waals surface area contributed by atoms with Gasteiger partial charge in [0.2, 0.25) is 0 Å². The maximum Gasteiger partial charge on any atom is 0.267 e. The third-order valence-corrected chi connectivity index (χ3v) is 4.62. The van der Waals surface area contributed by atoms with Crippen molar-refractivity contribution >= 4 is 22.7 Å². The quantitative estimate of drug-likeness (QED) is 0.404. The van der Waals surface area contributed by atoms with Crippen LogP contribution in [0.15, 0.2) is 52.5 Å². The van der Waals surface area contributed by atoms with Gasteiger partial charge in [0.15, 0.2) is 5.16 Å². The lowest BCUT2D eigenvalue weighted by atomic mass is 10.2.